The van der Waals surface area contributed by atoms with Gasteiger partial charge in [0.2, 0.25) is 5.91 Å². The van der Waals surface area contributed by atoms with Crippen LogP contribution in [0.3, 0.4) is 0 Å². The summed E-state index contributed by atoms with van der Waals surface area (Å²) >= 11 is 0.833. The molecule has 1 amide bonds. The molecule has 0 heterocycles. The number of hydrogen-bond donors (Lipinski definition) is 4. The largest absolute Gasteiger partial charge is 0.481 e. The lowest BCUT2D eigenvalue weighted by molar-refractivity contribution is -0.138. The summed E-state index contributed by atoms with van der Waals surface area (Å²) in [5.41, 5.74) is 10.1. The highest BCUT2D eigenvalue weighted by Crippen LogP contribution is 2.15. The Kier molecular flexibility index (Phi) is 5.72. The molecule has 0 fully saturated rings. The molecule has 0 aromatic rings. The zero-order valence-corrected chi connectivity index (χ0v) is 8.57. The summed E-state index contributed by atoms with van der Waals surface area (Å²) in [5.74, 6) is -3.23. The van der Waals surface area contributed by atoms with Crippen molar-refractivity contribution in [1.82, 2.24) is 0 Å². The second-order valence-electron chi connectivity index (χ2n) is 2.77. The first-order valence-electron chi connectivity index (χ1n) is 3.95. The quantitative estimate of drug-likeness (QED) is 0.419. The van der Waals surface area contributed by atoms with Gasteiger partial charge in [0.05, 0.1) is 11.7 Å². The predicted molar refractivity (Wildman–Crippen MR) is 53.3 cm³/mol. The van der Waals surface area contributed by atoms with Gasteiger partial charge in [0.25, 0.3) is 0 Å². The molecule has 86 valence electrons. The lowest BCUT2D eigenvalue weighted by Crippen LogP contribution is -2.35. The van der Waals surface area contributed by atoms with E-state index in [4.69, 9.17) is 21.7 Å². The first kappa shape index (κ1) is 13.7. The lowest BCUT2D eigenvalue weighted by atomic mass is 10.3. The number of nitrogens with two attached hydrogens (primary N) is 2. The van der Waals surface area contributed by atoms with E-state index in [0.29, 0.717) is 0 Å². The third-order valence-electron chi connectivity index (χ3n) is 1.47. The lowest BCUT2D eigenvalue weighted by Gasteiger charge is -2.12. The molecule has 0 spiro atoms. The molecular weight excluding hydrogens is 224 g/mol. The zero-order valence-electron chi connectivity index (χ0n) is 7.75. The maximum Gasteiger partial charge on any atom is 0.321 e. The van der Waals surface area contributed by atoms with Gasteiger partial charge in [-0.3, -0.25) is 14.4 Å². The van der Waals surface area contributed by atoms with Gasteiger partial charge >= 0.3 is 11.9 Å². The molecule has 0 aliphatic heterocycles. The number of amides is 1. The third kappa shape index (κ3) is 5.92. The standard InChI is InChI=1S/C7H12N2O5S/c8-3(7(13)14)2-15-4(6(9)12)1-5(10)11/h3-4H,1-2,8H2,(H2,9,12)(H,10,11)(H,13,14)/t3-,4?/m0/s1. The maximum absolute atomic E-state index is 10.8. The monoisotopic (exact) mass is 236 g/mol. The first-order valence-corrected chi connectivity index (χ1v) is 5.00. The van der Waals surface area contributed by atoms with E-state index in [1.807, 2.05) is 0 Å². The van der Waals surface area contributed by atoms with E-state index in [9.17, 15) is 14.4 Å². The summed E-state index contributed by atoms with van der Waals surface area (Å²) < 4.78 is 0. The Morgan fingerprint density at radius 1 is 1.27 bits per heavy atom. The zero-order chi connectivity index (χ0) is 12.0. The van der Waals surface area contributed by atoms with E-state index in [2.05, 4.69) is 0 Å². The van der Waals surface area contributed by atoms with Crippen molar-refractivity contribution in [2.75, 3.05) is 5.75 Å². The van der Waals surface area contributed by atoms with Gasteiger partial charge in [-0.1, -0.05) is 0 Å². The number of carbonyl (C=O) groups excluding carboxylic acids is 1. The topological polar surface area (TPSA) is 144 Å². The van der Waals surface area contributed by atoms with Crippen LogP contribution in [0.4, 0.5) is 0 Å². The Bertz CT molecular complexity index is 270. The number of thioether (sulfide) groups is 1. The van der Waals surface area contributed by atoms with Crippen LogP contribution in [0.25, 0.3) is 0 Å². The number of aliphatic carboxylic acids is 2. The number of primary amides is 1. The van der Waals surface area contributed by atoms with E-state index < -0.39 is 35.6 Å². The summed E-state index contributed by atoms with van der Waals surface area (Å²) in [6.45, 7) is 0. The van der Waals surface area contributed by atoms with Crippen LogP contribution in [-0.4, -0.2) is 45.1 Å². The molecule has 0 saturated carbocycles. The van der Waals surface area contributed by atoms with Crippen molar-refractivity contribution in [1.29, 1.82) is 0 Å². The fourth-order valence-electron chi connectivity index (χ4n) is 0.691. The van der Waals surface area contributed by atoms with E-state index in [1.54, 1.807) is 0 Å². The van der Waals surface area contributed by atoms with Crippen LogP contribution < -0.4 is 11.5 Å². The maximum atomic E-state index is 10.8. The molecular formula is C7H12N2O5S. The highest BCUT2D eigenvalue weighted by molar-refractivity contribution is 8.00. The molecule has 15 heavy (non-hydrogen) atoms. The van der Waals surface area contributed by atoms with Gasteiger partial charge in [-0.05, 0) is 0 Å². The summed E-state index contributed by atoms with van der Waals surface area (Å²) in [4.78, 5) is 31.4. The molecule has 1 unspecified atom stereocenters. The summed E-state index contributed by atoms with van der Waals surface area (Å²) in [6, 6.07) is -1.13. The van der Waals surface area contributed by atoms with Crippen molar-refractivity contribution in [3.63, 3.8) is 0 Å². The Morgan fingerprint density at radius 3 is 2.13 bits per heavy atom. The summed E-state index contributed by atoms with van der Waals surface area (Å²) in [7, 11) is 0. The SMILES string of the molecule is NC(=O)C(CC(=O)O)SC[C@H](N)C(=O)O. The minimum atomic E-state index is -1.21. The van der Waals surface area contributed by atoms with Gasteiger partial charge in [0, 0.05) is 5.75 Å². The fraction of sp³-hybridized carbons (Fsp3) is 0.571. The van der Waals surface area contributed by atoms with E-state index in [0.717, 1.165) is 11.8 Å². The van der Waals surface area contributed by atoms with E-state index >= 15 is 0 Å². The predicted octanol–water partition coefficient (Wildman–Crippen LogP) is -1.54. The van der Waals surface area contributed by atoms with Crippen LogP contribution in [0, 0.1) is 0 Å². The second kappa shape index (κ2) is 6.25. The van der Waals surface area contributed by atoms with Crippen molar-refractivity contribution in [3.05, 3.63) is 0 Å². The molecule has 0 aromatic carbocycles. The van der Waals surface area contributed by atoms with Gasteiger partial charge in [-0.25, -0.2) is 0 Å². The number of carboxylic acids is 2. The Labute approximate surface area is 89.8 Å². The first-order chi connectivity index (χ1) is 6.84. The van der Waals surface area contributed by atoms with E-state index in [1.165, 1.54) is 0 Å². The van der Waals surface area contributed by atoms with Crippen molar-refractivity contribution in [2.45, 2.75) is 17.7 Å². The highest BCUT2D eigenvalue weighted by Gasteiger charge is 2.22. The highest BCUT2D eigenvalue weighted by atomic mass is 32.2. The van der Waals surface area contributed by atoms with Crippen LogP contribution in [-0.2, 0) is 14.4 Å². The minimum absolute atomic E-state index is 0.0593. The fourth-order valence-corrected chi connectivity index (χ4v) is 1.70. The smallest absolute Gasteiger partial charge is 0.321 e. The number of rotatable bonds is 7. The number of carboxylic acid groups (broad SMARTS) is 2. The average molecular weight is 236 g/mol. The second-order valence-corrected chi connectivity index (χ2v) is 4.00. The summed E-state index contributed by atoms with van der Waals surface area (Å²) in [6.07, 6.45) is -0.438. The van der Waals surface area contributed by atoms with Crippen molar-refractivity contribution >= 4 is 29.6 Å². The van der Waals surface area contributed by atoms with Gasteiger partial charge in [0.1, 0.15) is 6.04 Å². The molecule has 0 radical (unpaired) electrons. The van der Waals surface area contributed by atoms with Crippen LogP contribution in [0.1, 0.15) is 6.42 Å². The van der Waals surface area contributed by atoms with Gasteiger partial charge in [-0.2, -0.15) is 0 Å². The van der Waals surface area contributed by atoms with Crippen molar-refractivity contribution in [3.8, 4) is 0 Å². The molecule has 0 aliphatic carbocycles. The van der Waals surface area contributed by atoms with Gasteiger partial charge < -0.3 is 21.7 Å². The Morgan fingerprint density at radius 2 is 1.80 bits per heavy atom. The molecule has 0 rings (SSSR count). The van der Waals surface area contributed by atoms with Crippen molar-refractivity contribution in [2.24, 2.45) is 11.5 Å². The Hall–Kier alpha value is -1.28. The summed E-state index contributed by atoms with van der Waals surface area (Å²) in [5, 5.41) is 15.9. The van der Waals surface area contributed by atoms with E-state index in [-0.39, 0.29) is 5.75 Å². The van der Waals surface area contributed by atoms with Crippen molar-refractivity contribution < 1.29 is 24.6 Å². The normalized spacial score (nSPS) is 14.2. The molecule has 2 atom stereocenters. The molecule has 6 N–H and O–H groups in total. The van der Waals surface area contributed by atoms with Crippen LogP contribution in [0.15, 0.2) is 0 Å². The molecule has 8 heteroatoms. The number of hydrogen-bond acceptors (Lipinski definition) is 5. The van der Waals surface area contributed by atoms with Gasteiger partial charge in [-0.15, -0.1) is 11.8 Å². The van der Waals surface area contributed by atoms with Crippen LogP contribution in [0.5, 0.6) is 0 Å². The van der Waals surface area contributed by atoms with Crippen LogP contribution >= 0.6 is 11.8 Å². The Balaban J connectivity index is 4.13. The molecule has 0 saturated heterocycles. The average Bonchev–Trinajstić information content (AvgIpc) is 2.10. The number of carbonyl (C=O) groups is 3. The molecule has 7 nitrogen and oxygen atoms in total. The molecule has 0 bridgehead atoms. The minimum Gasteiger partial charge on any atom is -0.481 e. The molecule has 0 aromatic heterocycles. The van der Waals surface area contributed by atoms with Crippen LogP contribution in [0.2, 0.25) is 0 Å². The third-order valence-corrected chi connectivity index (χ3v) is 2.82. The van der Waals surface area contributed by atoms with Gasteiger partial charge in [0.15, 0.2) is 0 Å². The molecule has 0 aliphatic rings.